The van der Waals surface area contributed by atoms with E-state index < -0.39 is 17.5 Å². The van der Waals surface area contributed by atoms with E-state index >= 15 is 0 Å². The molecule has 0 aromatic carbocycles. The number of carboxylic acid groups (broad SMARTS) is 1. The van der Waals surface area contributed by atoms with Gasteiger partial charge in [0.05, 0.1) is 0 Å². The Kier molecular flexibility index (Phi) is 5.96. The zero-order chi connectivity index (χ0) is 13.5. The molecular formula is C13H18O4. The van der Waals surface area contributed by atoms with Crippen LogP contribution in [0.4, 0.5) is 0 Å². The summed E-state index contributed by atoms with van der Waals surface area (Å²) < 4.78 is 5.13. The molecule has 0 amide bonds. The van der Waals surface area contributed by atoms with Crippen LogP contribution >= 0.6 is 0 Å². The molecule has 0 aromatic rings. The van der Waals surface area contributed by atoms with Gasteiger partial charge in [-0.25, -0.2) is 9.59 Å². The van der Waals surface area contributed by atoms with Crippen LogP contribution in [0.1, 0.15) is 26.7 Å². The predicted molar refractivity (Wildman–Crippen MR) is 65.5 cm³/mol. The number of esters is 1. The van der Waals surface area contributed by atoms with Crippen molar-refractivity contribution in [3.8, 4) is 0 Å². The third-order valence-electron chi connectivity index (χ3n) is 2.36. The molecule has 4 heteroatoms. The summed E-state index contributed by atoms with van der Waals surface area (Å²) in [5, 5.41) is 8.67. The molecular weight excluding hydrogens is 220 g/mol. The Morgan fingerprint density at radius 2 is 2.00 bits per heavy atom. The number of rotatable bonds is 7. The van der Waals surface area contributed by atoms with E-state index in [0.717, 1.165) is 6.08 Å². The van der Waals surface area contributed by atoms with E-state index in [0.29, 0.717) is 12.8 Å². The van der Waals surface area contributed by atoms with Crippen LogP contribution in [-0.4, -0.2) is 22.6 Å². The van der Waals surface area contributed by atoms with Crippen molar-refractivity contribution in [1.29, 1.82) is 0 Å². The largest absolute Gasteiger partial charge is 0.478 e. The number of carbonyl (C=O) groups excluding carboxylic acids is 1. The Labute approximate surface area is 101 Å². The molecule has 0 heterocycles. The molecule has 0 saturated carbocycles. The van der Waals surface area contributed by atoms with Crippen LogP contribution in [0.5, 0.6) is 0 Å². The molecule has 0 aliphatic rings. The maximum absolute atomic E-state index is 11.1. The van der Waals surface area contributed by atoms with Crippen LogP contribution in [0.15, 0.2) is 37.0 Å². The fourth-order valence-corrected chi connectivity index (χ4v) is 1.13. The van der Waals surface area contributed by atoms with Gasteiger partial charge in [0, 0.05) is 11.6 Å². The molecule has 0 spiro atoms. The molecule has 0 rings (SSSR count). The van der Waals surface area contributed by atoms with E-state index in [1.165, 1.54) is 13.0 Å². The third-order valence-corrected chi connectivity index (χ3v) is 2.36. The molecule has 0 saturated heterocycles. The number of hydrogen-bond acceptors (Lipinski definition) is 3. The highest BCUT2D eigenvalue weighted by Crippen LogP contribution is 2.20. The average molecular weight is 238 g/mol. The van der Waals surface area contributed by atoms with Crippen LogP contribution in [0.25, 0.3) is 0 Å². The monoisotopic (exact) mass is 238 g/mol. The molecule has 0 radical (unpaired) electrons. The molecule has 1 atom stereocenters. The topological polar surface area (TPSA) is 63.6 Å². The summed E-state index contributed by atoms with van der Waals surface area (Å²) in [6.07, 6.45) is 5.16. The highest BCUT2D eigenvalue weighted by Gasteiger charge is 2.23. The summed E-state index contributed by atoms with van der Waals surface area (Å²) in [6, 6.07) is 0. The Morgan fingerprint density at radius 3 is 2.41 bits per heavy atom. The quantitative estimate of drug-likeness (QED) is 0.420. The smallest absolute Gasteiger partial charge is 0.331 e. The first kappa shape index (κ1) is 15.2. The van der Waals surface area contributed by atoms with Gasteiger partial charge in [-0.3, -0.25) is 0 Å². The summed E-state index contributed by atoms with van der Waals surface area (Å²) in [7, 11) is 0. The summed E-state index contributed by atoms with van der Waals surface area (Å²) in [5.74, 6) is -1.47. The molecule has 94 valence electrons. The van der Waals surface area contributed by atoms with Crippen molar-refractivity contribution < 1.29 is 19.4 Å². The minimum Gasteiger partial charge on any atom is -0.478 e. The van der Waals surface area contributed by atoms with Gasteiger partial charge in [0.1, 0.15) is 5.60 Å². The van der Waals surface area contributed by atoms with Crippen LogP contribution in [-0.2, 0) is 14.3 Å². The first-order valence-electron chi connectivity index (χ1n) is 5.23. The van der Waals surface area contributed by atoms with Crippen molar-refractivity contribution >= 4 is 11.9 Å². The SMILES string of the molecule is C=CC(=O)OC(C)(C=C)CCC=C(C)C(=O)O. The predicted octanol–water partition coefficient (Wildman–Crippen LogP) is 2.47. The molecule has 0 bridgehead atoms. The van der Waals surface area contributed by atoms with Gasteiger partial charge >= 0.3 is 11.9 Å². The number of carboxylic acids is 1. The highest BCUT2D eigenvalue weighted by atomic mass is 16.6. The lowest BCUT2D eigenvalue weighted by Gasteiger charge is -2.24. The number of aliphatic carboxylic acids is 1. The van der Waals surface area contributed by atoms with Crippen molar-refractivity contribution in [1.82, 2.24) is 0 Å². The van der Waals surface area contributed by atoms with E-state index in [1.807, 2.05) is 0 Å². The second-order valence-corrected chi connectivity index (χ2v) is 3.87. The lowest BCUT2D eigenvalue weighted by molar-refractivity contribution is -0.148. The van der Waals surface area contributed by atoms with E-state index in [4.69, 9.17) is 9.84 Å². The average Bonchev–Trinajstić information content (AvgIpc) is 2.28. The maximum Gasteiger partial charge on any atom is 0.331 e. The van der Waals surface area contributed by atoms with Crippen LogP contribution < -0.4 is 0 Å². The van der Waals surface area contributed by atoms with Crippen LogP contribution in [0, 0.1) is 0 Å². The van der Waals surface area contributed by atoms with Gasteiger partial charge < -0.3 is 9.84 Å². The van der Waals surface area contributed by atoms with Gasteiger partial charge in [-0.15, -0.1) is 0 Å². The lowest BCUT2D eigenvalue weighted by atomic mass is 9.99. The Bertz CT molecular complexity index is 354. The first-order valence-corrected chi connectivity index (χ1v) is 5.23. The molecule has 0 aromatic heterocycles. The van der Waals surface area contributed by atoms with Crippen molar-refractivity contribution in [2.24, 2.45) is 0 Å². The minimum absolute atomic E-state index is 0.270. The third kappa shape index (κ3) is 5.70. The number of carbonyl (C=O) groups is 2. The second kappa shape index (κ2) is 6.68. The first-order chi connectivity index (χ1) is 7.84. The molecule has 1 unspecified atom stereocenters. The molecule has 4 nitrogen and oxygen atoms in total. The van der Waals surface area contributed by atoms with Crippen molar-refractivity contribution in [3.05, 3.63) is 37.0 Å². The van der Waals surface area contributed by atoms with E-state index in [-0.39, 0.29) is 5.57 Å². The zero-order valence-electron chi connectivity index (χ0n) is 10.2. The number of hydrogen-bond donors (Lipinski definition) is 1. The highest BCUT2D eigenvalue weighted by molar-refractivity contribution is 5.85. The van der Waals surface area contributed by atoms with Crippen LogP contribution in [0.3, 0.4) is 0 Å². The van der Waals surface area contributed by atoms with Gasteiger partial charge in [-0.2, -0.15) is 0 Å². The summed E-state index contributed by atoms with van der Waals surface area (Å²) >= 11 is 0. The molecule has 0 fully saturated rings. The van der Waals surface area contributed by atoms with E-state index in [1.54, 1.807) is 13.0 Å². The maximum atomic E-state index is 11.1. The number of allylic oxidation sites excluding steroid dienone is 1. The van der Waals surface area contributed by atoms with E-state index in [2.05, 4.69) is 13.2 Å². The standard InChI is InChI=1S/C13H18O4/c1-5-11(14)17-13(4,6-2)9-7-8-10(3)12(15)16/h5-6,8H,1-2,7,9H2,3-4H3,(H,15,16). The number of ether oxygens (including phenoxy) is 1. The van der Waals surface area contributed by atoms with Gasteiger partial charge in [0.25, 0.3) is 0 Å². The molecule has 17 heavy (non-hydrogen) atoms. The van der Waals surface area contributed by atoms with Gasteiger partial charge in [-0.1, -0.05) is 19.2 Å². The lowest BCUT2D eigenvalue weighted by Crippen LogP contribution is -2.28. The van der Waals surface area contributed by atoms with Gasteiger partial charge in [0.15, 0.2) is 0 Å². The van der Waals surface area contributed by atoms with Crippen molar-refractivity contribution in [2.45, 2.75) is 32.3 Å². The van der Waals surface area contributed by atoms with Crippen molar-refractivity contribution in [2.75, 3.05) is 0 Å². The Hall–Kier alpha value is -1.84. The molecule has 1 N–H and O–H groups in total. The zero-order valence-corrected chi connectivity index (χ0v) is 10.2. The summed E-state index contributed by atoms with van der Waals surface area (Å²) in [4.78, 5) is 21.7. The fraction of sp³-hybridized carbons (Fsp3) is 0.385. The van der Waals surface area contributed by atoms with Crippen molar-refractivity contribution in [3.63, 3.8) is 0 Å². The molecule has 0 aliphatic carbocycles. The summed E-state index contributed by atoms with van der Waals surface area (Å²) in [6.45, 7) is 10.1. The second-order valence-electron chi connectivity index (χ2n) is 3.87. The normalized spacial score (nSPS) is 14.6. The van der Waals surface area contributed by atoms with Gasteiger partial charge in [-0.05, 0) is 32.8 Å². The molecule has 0 aliphatic heterocycles. The fourth-order valence-electron chi connectivity index (χ4n) is 1.13. The van der Waals surface area contributed by atoms with E-state index in [9.17, 15) is 9.59 Å². The van der Waals surface area contributed by atoms with Crippen LogP contribution in [0.2, 0.25) is 0 Å². The summed E-state index contributed by atoms with van der Waals surface area (Å²) in [5.41, 5.74) is -0.535. The Morgan fingerprint density at radius 1 is 1.41 bits per heavy atom. The minimum atomic E-state index is -0.951. The Balaban J connectivity index is 4.45. The van der Waals surface area contributed by atoms with Gasteiger partial charge in [0.2, 0.25) is 0 Å².